The number of halogens is 1. The molecule has 2 aliphatic rings. The van der Waals surface area contributed by atoms with Crippen LogP contribution in [0.4, 0.5) is 0 Å². The van der Waals surface area contributed by atoms with E-state index in [1.54, 1.807) is 14.0 Å². The molecule has 1 aromatic rings. The molecule has 7 heteroatoms. The molecule has 2 heterocycles. The Kier molecular flexibility index (Phi) is 3.70. The zero-order chi connectivity index (χ0) is 14.3. The lowest BCUT2D eigenvalue weighted by molar-refractivity contribution is -0.0810. The van der Waals surface area contributed by atoms with E-state index in [1.807, 2.05) is 0 Å². The monoisotopic (exact) mass is 299 g/mol. The lowest BCUT2D eigenvalue weighted by Gasteiger charge is -2.47. The second-order valence-corrected chi connectivity index (χ2v) is 5.80. The van der Waals surface area contributed by atoms with E-state index in [0.29, 0.717) is 23.2 Å². The fourth-order valence-electron chi connectivity index (χ4n) is 3.22. The fourth-order valence-corrected chi connectivity index (χ4v) is 3.39. The predicted octanol–water partition coefficient (Wildman–Crippen LogP) is 1.15. The Bertz CT molecular complexity index is 519. The quantitative estimate of drug-likeness (QED) is 0.874. The van der Waals surface area contributed by atoms with Crippen molar-refractivity contribution in [3.63, 3.8) is 0 Å². The minimum atomic E-state index is -0.240. The molecule has 1 saturated carbocycles. The van der Waals surface area contributed by atoms with Crippen LogP contribution in [0.5, 0.6) is 0 Å². The zero-order valence-electron chi connectivity index (χ0n) is 11.5. The third-order valence-corrected chi connectivity index (χ3v) is 4.73. The van der Waals surface area contributed by atoms with Crippen molar-refractivity contribution in [3.8, 4) is 0 Å². The minimum Gasteiger partial charge on any atom is -0.384 e. The van der Waals surface area contributed by atoms with E-state index < -0.39 is 0 Å². The highest BCUT2D eigenvalue weighted by atomic mass is 35.5. The molecule has 2 N–H and O–H groups in total. The van der Waals surface area contributed by atoms with Crippen LogP contribution in [0.1, 0.15) is 22.6 Å². The van der Waals surface area contributed by atoms with E-state index in [4.69, 9.17) is 21.1 Å². The number of rotatable bonds is 4. The largest absolute Gasteiger partial charge is 0.384 e. The summed E-state index contributed by atoms with van der Waals surface area (Å²) in [4.78, 5) is 12.3. The van der Waals surface area contributed by atoms with Gasteiger partial charge in [-0.25, -0.2) is 0 Å². The third-order valence-electron chi connectivity index (χ3n) is 4.27. The van der Waals surface area contributed by atoms with Crippen LogP contribution < -0.4 is 5.32 Å². The number of methoxy groups -OCH3 is 1. The maximum absolute atomic E-state index is 12.3. The summed E-state index contributed by atoms with van der Waals surface area (Å²) < 4.78 is 10.9. The number of amides is 1. The Hall–Kier alpha value is -1.11. The number of nitrogens with one attached hydrogen (secondary N) is 2. The second-order valence-electron chi connectivity index (χ2n) is 5.42. The van der Waals surface area contributed by atoms with Gasteiger partial charge in [0.05, 0.1) is 23.4 Å². The van der Waals surface area contributed by atoms with Gasteiger partial charge >= 0.3 is 0 Å². The predicted molar refractivity (Wildman–Crippen MR) is 72.8 cm³/mol. The van der Waals surface area contributed by atoms with Crippen molar-refractivity contribution in [1.82, 2.24) is 15.5 Å². The van der Waals surface area contributed by atoms with Crippen molar-refractivity contribution in [2.45, 2.75) is 25.5 Å². The number of aryl methyl sites for hydroxylation is 1. The molecule has 0 radical (unpaired) electrons. The van der Waals surface area contributed by atoms with Crippen LogP contribution >= 0.6 is 11.6 Å². The van der Waals surface area contributed by atoms with E-state index in [2.05, 4.69) is 15.5 Å². The third kappa shape index (κ3) is 2.12. The molecule has 1 aliphatic carbocycles. The van der Waals surface area contributed by atoms with Crippen molar-refractivity contribution >= 4 is 17.5 Å². The van der Waals surface area contributed by atoms with Crippen LogP contribution in [0.3, 0.4) is 0 Å². The molecule has 0 unspecified atom stereocenters. The van der Waals surface area contributed by atoms with Crippen molar-refractivity contribution in [2.75, 3.05) is 20.3 Å². The van der Waals surface area contributed by atoms with Gasteiger partial charge in [-0.3, -0.25) is 9.89 Å². The summed E-state index contributed by atoms with van der Waals surface area (Å²) >= 11 is 6.05. The number of nitrogens with zero attached hydrogens (tertiary/aromatic N) is 1. The summed E-state index contributed by atoms with van der Waals surface area (Å²) in [5, 5.41) is 10.1. The van der Waals surface area contributed by atoms with Crippen molar-refractivity contribution in [2.24, 2.45) is 11.8 Å². The number of H-pyrrole nitrogens is 1. The second kappa shape index (κ2) is 5.35. The summed E-state index contributed by atoms with van der Waals surface area (Å²) in [5.41, 5.74) is 0.948. The number of hydrogen-bond acceptors (Lipinski definition) is 4. The Balaban J connectivity index is 1.70. The molecular formula is C13H18ClN3O3. The van der Waals surface area contributed by atoms with Gasteiger partial charge in [0.1, 0.15) is 0 Å². The number of hydrogen-bond donors (Lipinski definition) is 2. The van der Waals surface area contributed by atoms with E-state index in [9.17, 15) is 4.79 Å². The topological polar surface area (TPSA) is 76.2 Å². The Morgan fingerprint density at radius 1 is 1.65 bits per heavy atom. The van der Waals surface area contributed by atoms with Crippen LogP contribution in [-0.2, 0) is 9.47 Å². The van der Waals surface area contributed by atoms with Crippen LogP contribution in [0.2, 0.25) is 5.02 Å². The van der Waals surface area contributed by atoms with Crippen molar-refractivity contribution in [1.29, 1.82) is 0 Å². The standard InChI is InChI=1S/C13H18ClN3O3/c1-6-9(14)11(17-16-6)13(18)15-10-7-3-4-20-12(7)8(10)5-19-2/h7-8,10,12H,3-5H2,1-2H3,(H,15,18)(H,16,17)/t7-,8+,10+,12-/m0/s1. The van der Waals surface area contributed by atoms with Gasteiger partial charge in [0, 0.05) is 31.6 Å². The number of fused-ring (bicyclic) bond motifs is 1. The first-order valence-electron chi connectivity index (χ1n) is 6.75. The Morgan fingerprint density at radius 3 is 3.10 bits per heavy atom. The maximum atomic E-state index is 12.3. The molecule has 0 bridgehead atoms. The average molecular weight is 300 g/mol. The molecule has 1 amide bonds. The maximum Gasteiger partial charge on any atom is 0.273 e. The average Bonchev–Trinajstić information content (AvgIpc) is 2.99. The molecule has 3 rings (SSSR count). The first-order chi connectivity index (χ1) is 9.63. The number of aromatic nitrogens is 2. The molecule has 0 spiro atoms. The van der Waals surface area contributed by atoms with E-state index in [-0.39, 0.29) is 29.7 Å². The van der Waals surface area contributed by atoms with Gasteiger partial charge in [-0.15, -0.1) is 0 Å². The molecular weight excluding hydrogens is 282 g/mol. The van der Waals surface area contributed by atoms with E-state index >= 15 is 0 Å². The summed E-state index contributed by atoms with van der Waals surface area (Å²) in [5.74, 6) is 0.337. The van der Waals surface area contributed by atoms with Crippen LogP contribution in [-0.4, -0.2) is 48.6 Å². The molecule has 110 valence electrons. The van der Waals surface area contributed by atoms with Gasteiger partial charge in [-0.05, 0) is 13.3 Å². The number of carbonyl (C=O) groups is 1. The highest BCUT2D eigenvalue weighted by molar-refractivity contribution is 6.34. The first kappa shape index (κ1) is 13.9. The molecule has 20 heavy (non-hydrogen) atoms. The fraction of sp³-hybridized carbons (Fsp3) is 0.692. The van der Waals surface area contributed by atoms with Gasteiger partial charge in [0.2, 0.25) is 0 Å². The van der Waals surface area contributed by atoms with Gasteiger partial charge in [-0.2, -0.15) is 5.10 Å². The van der Waals surface area contributed by atoms with Gasteiger partial charge in [-0.1, -0.05) is 11.6 Å². The zero-order valence-corrected chi connectivity index (χ0v) is 12.2. The minimum absolute atomic E-state index is 0.0722. The molecule has 6 nitrogen and oxygen atoms in total. The van der Waals surface area contributed by atoms with Gasteiger partial charge < -0.3 is 14.8 Å². The molecule has 1 aromatic heterocycles. The van der Waals surface area contributed by atoms with E-state index in [0.717, 1.165) is 13.0 Å². The molecule has 1 aliphatic heterocycles. The number of ether oxygens (including phenoxy) is 2. The lowest BCUT2D eigenvalue weighted by Crippen LogP contribution is -2.62. The number of carbonyl (C=O) groups excluding carboxylic acids is 1. The Morgan fingerprint density at radius 2 is 2.45 bits per heavy atom. The first-order valence-corrected chi connectivity index (χ1v) is 7.13. The van der Waals surface area contributed by atoms with Crippen LogP contribution in [0, 0.1) is 18.8 Å². The van der Waals surface area contributed by atoms with E-state index in [1.165, 1.54) is 0 Å². The lowest BCUT2D eigenvalue weighted by atomic mass is 9.67. The summed E-state index contributed by atoms with van der Waals surface area (Å²) in [6, 6.07) is 0.0722. The van der Waals surface area contributed by atoms with Crippen molar-refractivity contribution in [3.05, 3.63) is 16.4 Å². The molecule has 1 saturated heterocycles. The molecule has 0 aromatic carbocycles. The Labute approximate surface area is 122 Å². The SMILES string of the molecule is COC[C@@H]1[C@H](NC(=O)c2n[nH]c(C)c2Cl)[C@@H]2CCO[C@H]12. The van der Waals surface area contributed by atoms with Gasteiger partial charge in [0.25, 0.3) is 5.91 Å². The summed E-state index contributed by atoms with van der Waals surface area (Å²) in [7, 11) is 1.66. The normalized spacial score (nSPS) is 31.8. The number of aromatic amines is 1. The summed E-state index contributed by atoms with van der Waals surface area (Å²) in [6.45, 7) is 3.12. The highest BCUT2D eigenvalue weighted by Crippen LogP contribution is 2.43. The highest BCUT2D eigenvalue weighted by Gasteiger charge is 2.54. The molecule has 4 atom stereocenters. The van der Waals surface area contributed by atoms with Crippen LogP contribution in [0.25, 0.3) is 0 Å². The summed E-state index contributed by atoms with van der Waals surface area (Å²) in [6.07, 6.45) is 1.18. The van der Waals surface area contributed by atoms with Crippen LogP contribution in [0.15, 0.2) is 0 Å². The van der Waals surface area contributed by atoms with Crippen molar-refractivity contribution < 1.29 is 14.3 Å². The van der Waals surface area contributed by atoms with Gasteiger partial charge in [0.15, 0.2) is 5.69 Å². The smallest absolute Gasteiger partial charge is 0.273 e. The molecule has 2 fully saturated rings.